The average Bonchev–Trinajstić information content (AvgIpc) is 2.58. The van der Waals surface area contributed by atoms with Crippen LogP contribution in [0.4, 0.5) is 0 Å². The maximum atomic E-state index is 4.09. The predicted molar refractivity (Wildman–Crippen MR) is 38.9 cm³/mol. The second-order valence-corrected chi connectivity index (χ2v) is 3.34. The molecule has 0 spiro atoms. The Morgan fingerprint density at radius 2 is 2.55 bits per heavy atom. The number of nitrogens with zero attached hydrogens (tertiary/aromatic N) is 3. The monoisotopic (exact) mass is 150 g/mol. The first-order valence-corrected chi connectivity index (χ1v) is 4.07. The van der Waals surface area contributed by atoms with Crippen molar-refractivity contribution in [2.24, 2.45) is 0 Å². The van der Waals surface area contributed by atoms with Crippen molar-refractivity contribution in [3.63, 3.8) is 0 Å². The summed E-state index contributed by atoms with van der Waals surface area (Å²) >= 11 is 0. The number of nitrogens with one attached hydrogen (secondary N) is 1. The van der Waals surface area contributed by atoms with E-state index in [2.05, 4.69) is 20.1 Å². The highest BCUT2D eigenvalue weighted by atomic mass is 15.3. The van der Waals surface area contributed by atoms with Crippen LogP contribution in [-0.2, 0) is 6.54 Å². The third kappa shape index (κ3) is 0.673. The molecule has 58 valence electrons. The zero-order valence-corrected chi connectivity index (χ0v) is 6.20. The molecule has 2 aliphatic rings. The summed E-state index contributed by atoms with van der Waals surface area (Å²) in [6, 6.07) is 1.15. The maximum Gasteiger partial charge on any atom is 0.150 e. The molecule has 1 aromatic heterocycles. The summed E-state index contributed by atoms with van der Waals surface area (Å²) in [7, 11) is 0. The Morgan fingerprint density at radius 3 is 3.55 bits per heavy atom. The van der Waals surface area contributed by atoms with E-state index in [4.69, 9.17) is 0 Å². The Morgan fingerprint density at radius 1 is 1.55 bits per heavy atom. The van der Waals surface area contributed by atoms with Crippen LogP contribution in [0.15, 0.2) is 6.33 Å². The lowest BCUT2D eigenvalue weighted by Gasteiger charge is -2.21. The van der Waals surface area contributed by atoms with Crippen LogP contribution in [0.1, 0.15) is 24.7 Å². The van der Waals surface area contributed by atoms with Gasteiger partial charge in [-0.25, -0.2) is 0 Å². The molecule has 11 heavy (non-hydrogen) atoms. The van der Waals surface area contributed by atoms with Crippen molar-refractivity contribution in [2.45, 2.75) is 31.5 Å². The number of rotatable bonds is 0. The first-order valence-electron chi connectivity index (χ1n) is 4.07. The van der Waals surface area contributed by atoms with Gasteiger partial charge >= 0.3 is 0 Å². The van der Waals surface area contributed by atoms with Gasteiger partial charge in [0.2, 0.25) is 0 Å². The molecule has 3 rings (SSSR count). The second kappa shape index (κ2) is 1.82. The Labute approximate surface area is 64.6 Å². The van der Waals surface area contributed by atoms with E-state index in [1.807, 2.05) is 6.33 Å². The maximum absolute atomic E-state index is 4.09. The Hall–Kier alpha value is -0.900. The number of hydrogen-bond acceptors (Lipinski definition) is 3. The highest BCUT2D eigenvalue weighted by molar-refractivity contribution is 5.05. The lowest BCUT2D eigenvalue weighted by Crippen LogP contribution is -2.35. The van der Waals surface area contributed by atoms with Crippen LogP contribution in [-0.4, -0.2) is 20.8 Å². The van der Waals surface area contributed by atoms with E-state index < -0.39 is 0 Å². The lowest BCUT2D eigenvalue weighted by molar-refractivity contribution is 0.410. The van der Waals surface area contributed by atoms with E-state index in [0.717, 1.165) is 12.4 Å². The van der Waals surface area contributed by atoms with Gasteiger partial charge in [-0.1, -0.05) is 0 Å². The van der Waals surface area contributed by atoms with Gasteiger partial charge in [0.25, 0.3) is 0 Å². The van der Waals surface area contributed by atoms with Gasteiger partial charge in [0.15, 0.2) is 0 Å². The molecule has 0 aromatic carbocycles. The molecule has 1 saturated heterocycles. The third-order valence-corrected chi connectivity index (χ3v) is 2.61. The summed E-state index contributed by atoms with van der Waals surface area (Å²) in [5.41, 5.74) is 0. The predicted octanol–water partition coefficient (Wildman–Crippen LogP) is 0.0848. The Balaban J connectivity index is 2.12. The topological polar surface area (TPSA) is 42.7 Å². The van der Waals surface area contributed by atoms with Crippen molar-refractivity contribution < 1.29 is 0 Å². The summed E-state index contributed by atoms with van der Waals surface area (Å²) in [5, 5.41) is 11.5. The molecule has 1 aromatic rings. The molecule has 4 nitrogen and oxygen atoms in total. The van der Waals surface area contributed by atoms with Crippen LogP contribution >= 0.6 is 0 Å². The fraction of sp³-hybridized carbons (Fsp3) is 0.714. The molecule has 0 aliphatic carbocycles. The number of aromatic nitrogens is 3. The summed E-state index contributed by atoms with van der Waals surface area (Å²) in [5.74, 6) is 1.12. The Bertz CT molecular complexity index is 280. The highest BCUT2D eigenvalue weighted by Gasteiger charge is 2.33. The van der Waals surface area contributed by atoms with Gasteiger partial charge in [-0.3, -0.25) is 0 Å². The fourth-order valence-electron chi connectivity index (χ4n) is 2.08. The first kappa shape index (κ1) is 5.71. The van der Waals surface area contributed by atoms with Crippen LogP contribution in [0, 0.1) is 0 Å². The van der Waals surface area contributed by atoms with Gasteiger partial charge in [0, 0.05) is 12.6 Å². The minimum absolute atomic E-state index is 0.483. The normalized spacial score (nSPS) is 33.8. The smallest absolute Gasteiger partial charge is 0.150 e. The van der Waals surface area contributed by atoms with Crippen molar-refractivity contribution in [1.29, 1.82) is 0 Å². The fourth-order valence-corrected chi connectivity index (χ4v) is 2.08. The van der Waals surface area contributed by atoms with E-state index in [1.54, 1.807) is 0 Å². The van der Waals surface area contributed by atoms with Crippen molar-refractivity contribution in [2.75, 3.05) is 0 Å². The zero-order chi connectivity index (χ0) is 7.26. The quantitative estimate of drug-likeness (QED) is 0.569. The van der Waals surface area contributed by atoms with Crippen molar-refractivity contribution in [3.8, 4) is 0 Å². The van der Waals surface area contributed by atoms with Gasteiger partial charge in [-0.05, 0) is 12.8 Å². The standard InChI is InChI=1S/C7H10N4/c1-2-6-7-10-8-4-11(7)3-5(1)9-6/h4-6,9H,1-3H2. The van der Waals surface area contributed by atoms with E-state index in [9.17, 15) is 0 Å². The molecule has 2 unspecified atom stereocenters. The lowest BCUT2D eigenvalue weighted by atomic mass is 10.2. The largest absolute Gasteiger partial charge is 0.315 e. The van der Waals surface area contributed by atoms with Crippen LogP contribution in [0.5, 0.6) is 0 Å². The van der Waals surface area contributed by atoms with Gasteiger partial charge in [0.1, 0.15) is 12.2 Å². The molecule has 0 saturated carbocycles. The molecule has 1 N–H and O–H groups in total. The molecular formula is C7H10N4. The SMILES string of the molecule is c1nnc2n1CC1CCC2N1. The van der Waals surface area contributed by atoms with Gasteiger partial charge < -0.3 is 9.88 Å². The summed E-state index contributed by atoms with van der Waals surface area (Å²) in [6.45, 7) is 1.05. The molecule has 0 radical (unpaired) electrons. The van der Waals surface area contributed by atoms with Crippen LogP contribution in [0.25, 0.3) is 0 Å². The first-order chi connectivity index (χ1) is 5.43. The third-order valence-electron chi connectivity index (χ3n) is 2.61. The van der Waals surface area contributed by atoms with E-state index in [1.165, 1.54) is 12.8 Å². The minimum Gasteiger partial charge on any atom is -0.315 e. The molecule has 1 fully saturated rings. The van der Waals surface area contributed by atoms with Crippen molar-refractivity contribution in [1.82, 2.24) is 20.1 Å². The van der Waals surface area contributed by atoms with Crippen LogP contribution < -0.4 is 5.32 Å². The van der Waals surface area contributed by atoms with Crippen molar-refractivity contribution in [3.05, 3.63) is 12.2 Å². The van der Waals surface area contributed by atoms with E-state index in [0.29, 0.717) is 12.1 Å². The summed E-state index contributed by atoms with van der Waals surface area (Å²) < 4.78 is 2.17. The van der Waals surface area contributed by atoms with Crippen molar-refractivity contribution >= 4 is 0 Å². The molecule has 2 bridgehead atoms. The summed E-state index contributed by atoms with van der Waals surface area (Å²) in [6.07, 6.45) is 4.35. The molecule has 2 aliphatic heterocycles. The van der Waals surface area contributed by atoms with Crippen LogP contribution in [0.2, 0.25) is 0 Å². The Kier molecular flexibility index (Phi) is 0.946. The second-order valence-electron chi connectivity index (χ2n) is 3.34. The molecule has 2 atom stereocenters. The van der Waals surface area contributed by atoms with Gasteiger partial charge in [-0.15, -0.1) is 10.2 Å². The number of fused-ring (bicyclic) bond motifs is 4. The molecule has 0 amide bonds. The average molecular weight is 150 g/mol. The zero-order valence-electron chi connectivity index (χ0n) is 6.20. The highest BCUT2D eigenvalue weighted by Crippen LogP contribution is 2.29. The molecule has 4 heteroatoms. The van der Waals surface area contributed by atoms with E-state index in [-0.39, 0.29) is 0 Å². The number of hydrogen-bond donors (Lipinski definition) is 1. The summed E-state index contributed by atoms with van der Waals surface area (Å²) in [4.78, 5) is 0. The van der Waals surface area contributed by atoms with E-state index >= 15 is 0 Å². The van der Waals surface area contributed by atoms with Gasteiger partial charge in [-0.2, -0.15) is 0 Å². The molecule has 3 heterocycles. The van der Waals surface area contributed by atoms with Gasteiger partial charge in [0.05, 0.1) is 6.04 Å². The molecular weight excluding hydrogens is 140 g/mol. The minimum atomic E-state index is 0.483. The van der Waals surface area contributed by atoms with Crippen LogP contribution in [0.3, 0.4) is 0 Å².